The molecule has 10 heteroatoms. The van der Waals surface area contributed by atoms with Crippen molar-refractivity contribution < 1.29 is 14.3 Å². The van der Waals surface area contributed by atoms with E-state index in [0.29, 0.717) is 30.3 Å². The lowest BCUT2D eigenvalue weighted by Gasteiger charge is -2.33. The van der Waals surface area contributed by atoms with Crippen LogP contribution in [-0.2, 0) is 11.3 Å². The molecule has 5 rings (SSSR count). The summed E-state index contributed by atoms with van der Waals surface area (Å²) in [6.45, 7) is 2.04. The molecule has 4 heterocycles. The number of H-pyrrole nitrogens is 1. The first-order valence-electron chi connectivity index (χ1n) is 9.45. The molecule has 2 aliphatic heterocycles. The highest BCUT2D eigenvalue weighted by Crippen LogP contribution is 2.32. The number of halogens is 1. The van der Waals surface area contributed by atoms with Gasteiger partial charge in [-0.05, 0) is 42.1 Å². The van der Waals surface area contributed by atoms with Crippen molar-refractivity contribution in [1.82, 2.24) is 25.3 Å². The number of imidazole rings is 1. The highest BCUT2D eigenvalue weighted by Gasteiger charge is 2.28. The molecule has 2 aliphatic rings. The Morgan fingerprint density at radius 3 is 3.14 bits per heavy atom. The van der Waals surface area contributed by atoms with Gasteiger partial charge in [0.15, 0.2) is 23.0 Å². The van der Waals surface area contributed by atoms with Crippen LogP contribution in [0.25, 0.3) is 11.2 Å². The fourth-order valence-electron chi connectivity index (χ4n) is 3.79. The average Bonchev–Trinajstić information content (AvgIpc) is 3.40. The van der Waals surface area contributed by atoms with Gasteiger partial charge in [-0.3, -0.25) is 4.79 Å². The molecule has 0 bridgehead atoms. The molecule has 1 saturated heterocycles. The Labute approximate surface area is 171 Å². The molecule has 150 valence electrons. The first-order valence-corrected chi connectivity index (χ1v) is 9.83. The van der Waals surface area contributed by atoms with Crippen LogP contribution < -0.4 is 19.7 Å². The summed E-state index contributed by atoms with van der Waals surface area (Å²) in [5, 5.41) is 3.18. The van der Waals surface area contributed by atoms with Crippen LogP contribution in [-0.4, -0.2) is 45.7 Å². The fraction of sp³-hybridized carbons (Fsp3) is 0.368. The summed E-state index contributed by atoms with van der Waals surface area (Å²) in [5.74, 6) is 2.02. The predicted molar refractivity (Wildman–Crippen MR) is 106 cm³/mol. The van der Waals surface area contributed by atoms with Crippen LogP contribution in [0, 0.1) is 5.92 Å². The minimum Gasteiger partial charge on any atom is -0.454 e. The lowest BCUT2D eigenvalue weighted by molar-refractivity contribution is -0.125. The van der Waals surface area contributed by atoms with E-state index in [0.717, 1.165) is 36.2 Å². The number of aromatic nitrogens is 4. The number of hydrogen-bond donors (Lipinski definition) is 2. The number of fused-ring (bicyclic) bond motifs is 2. The number of carbonyl (C=O) groups is 1. The average molecular weight is 415 g/mol. The number of ether oxygens (including phenoxy) is 2. The molecule has 3 aromatic rings. The Morgan fingerprint density at radius 2 is 2.21 bits per heavy atom. The number of piperidine rings is 1. The van der Waals surface area contributed by atoms with Gasteiger partial charge in [-0.2, -0.15) is 9.97 Å². The van der Waals surface area contributed by atoms with E-state index in [4.69, 9.17) is 21.1 Å². The van der Waals surface area contributed by atoms with Crippen molar-refractivity contribution in [3.8, 4) is 11.5 Å². The van der Waals surface area contributed by atoms with E-state index in [1.165, 1.54) is 0 Å². The standard InChI is InChI=1S/C19H19ClN6O3/c20-19-24-16-15(22-9-23-16)17(25-19)26-5-1-2-12(8-26)18(27)21-7-11-3-4-13-14(6-11)29-10-28-13/h3-4,6,9,12H,1-2,5,7-8,10H2,(H,21,27)(H,22,23,24,25)/t12-/m0/s1. The Kier molecular flexibility index (Phi) is 4.59. The molecule has 1 aromatic carbocycles. The van der Waals surface area contributed by atoms with E-state index in [1.807, 2.05) is 18.2 Å². The summed E-state index contributed by atoms with van der Waals surface area (Å²) >= 11 is 6.06. The third kappa shape index (κ3) is 3.53. The second-order valence-corrected chi connectivity index (χ2v) is 7.45. The van der Waals surface area contributed by atoms with Crippen molar-refractivity contribution in [1.29, 1.82) is 0 Å². The second kappa shape index (κ2) is 7.40. The molecule has 29 heavy (non-hydrogen) atoms. The van der Waals surface area contributed by atoms with E-state index < -0.39 is 0 Å². The van der Waals surface area contributed by atoms with Crippen LogP contribution in [0.1, 0.15) is 18.4 Å². The van der Waals surface area contributed by atoms with E-state index in [2.05, 4.69) is 30.2 Å². The molecule has 0 unspecified atom stereocenters. The van der Waals surface area contributed by atoms with Gasteiger partial charge in [0.25, 0.3) is 0 Å². The van der Waals surface area contributed by atoms with E-state index in [1.54, 1.807) is 6.33 Å². The number of amides is 1. The van der Waals surface area contributed by atoms with Gasteiger partial charge in [-0.15, -0.1) is 0 Å². The molecule has 1 fully saturated rings. The molecular weight excluding hydrogens is 396 g/mol. The summed E-state index contributed by atoms with van der Waals surface area (Å²) in [7, 11) is 0. The molecule has 1 amide bonds. The molecule has 0 aliphatic carbocycles. The van der Waals surface area contributed by atoms with Gasteiger partial charge in [-0.1, -0.05) is 6.07 Å². The fourth-order valence-corrected chi connectivity index (χ4v) is 3.95. The first kappa shape index (κ1) is 18.0. The monoisotopic (exact) mass is 414 g/mol. The molecule has 2 aromatic heterocycles. The zero-order valence-corrected chi connectivity index (χ0v) is 16.3. The summed E-state index contributed by atoms with van der Waals surface area (Å²) in [6, 6.07) is 5.69. The van der Waals surface area contributed by atoms with Crippen molar-refractivity contribution in [3.63, 3.8) is 0 Å². The number of aromatic amines is 1. The van der Waals surface area contributed by atoms with Crippen LogP contribution in [0.3, 0.4) is 0 Å². The van der Waals surface area contributed by atoms with Gasteiger partial charge in [0.2, 0.25) is 18.0 Å². The van der Waals surface area contributed by atoms with Crippen LogP contribution in [0.2, 0.25) is 5.28 Å². The van der Waals surface area contributed by atoms with Crippen molar-refractivity contribution in [2.45, 2.75) is 19.4 Å². The molecule has 2 N–H and O–H groups in total. The molecule has 0 saturated carbocycles. The maximum atomic E-state index is 12.8. The number of hydrogen-bond acceptors (Lipinski definition) is 7. The molecule has 9 nitrogen and oxygen atoms in total. The molecule has 0 radical (unpaired) electrons. The van der Waals surface area contributed by atoms with E-state index in [9.17, 15) is 4.79 Å². The Hall–Kier alpha value is -3.07. The Morgan fingerprint density at radius 1 is 1.31 bits per heavy atom. The van der Waals surface area contributed by atoms with Crippen molar-refractivity contribution >= 4 is 34.5 Å². The summed E-state index contributed by atoms with van der Waals surface area (Å²) < 4.78 is 10.7. The maximum Gasteiger partial charge on any atom is 0.231 e. The maximum absolute atomic E-state index is 12.8. The normalized spacial score (nSPS) is 18.2. The van der Waals surface area contributed by atoms with Crippen LogP contribution >= 0.6 is 11.6 Å². The quantitative estimate of drug-likeness (QED) is 0.631. The zero-order chi connectivity index (χ0) is 19.8. The van der Waals surface area contributed by atoms with Crippen molar-refractivity contribution in [2.75, 3.05) is 24.8 Å². The van der Waals surface area contributed by atoms with Gasteiger partial charge in [0.05, 0.1) is 12.2 Å². The lowest BCUT2D eigenvalue weighted by atomic mass is 9.97. The second-order valence-electron chi connectivity index (χ2n) is 7.11. The summed E-state index contributed by atoms with van der Waals surface area (Å²) in [4.78, 5) is 30.6. The van der Waals surface area contributed by atoms with Crippen LogP contribution in [0.4, 0.5) is 5.82 Å². The molecular formula is C19H19ClN6O3. The van der Waals surface area contributed by atoms with Gasteiger partial charge in [0.1, 0.15) is 5.52 Å². The molecule has 0 spiro atoms. The van der Waals surface area contributed by atoms with Crippen LogP contribution in [0.5, 0.6) is 11.5 Å². The SMILES string of the molecule is O=C(NCc1ccc2c(c1)OCO2)[C@H]1CCCN(c2nc(Cl)nc3nc[nH]c23)C1. The minimum atomic E-state index is -0.135. The summed E-state index contributed by atoms with van der Waals surface area (Å²) in [6.07, 6.45) is 3.28. The lowest BCUT2D eigenvalue weighted by Crippen LogP contribution is -2.43. The molecule has 1 atom stereocenters. The van der Waals surface area contributed by atoms with Crippen molar-refractivity contribution in [2.24, 2.45) is 5.92 Å². The first-order chi connectivity index (χ1) is 14.2. The zero-order valence-electron chi connectivity index (χ0n) is 15.5. The van der Waals surface area contributed by atoms with Gasteiger partial charge >= 0.3 is 0 Å². The number of anilines is 1. The van der Waals surface area contributed by atoms with Gasteiger partial charge in [0, 0.05) is 19.6 Å². The number of rotatable bonds is 4. The third-order valence-electron chi connectivity index (χ3n) is 5.23. The number of benzene rings is 1. The largest absolute Gasteiger partial charge is 0.454 e. The van der Waals surface area contributed by atoms with Gasteiger partial charge in [-0.25, -0.2) is 4.98 Å². The van der Waals surface area contributed by atoms with Crippen LogP contribution in [0.15, 0.2) is 24.5 Å². The minimum absolute atomic E-state index is 0.0216. The highest BCUT2D eigenvalue weighted by molar-refractivity contribution is 6.28. The number of carbonyl (C=O) groups excluding carboxylic acids is 1. The summed E-state index contributed by atoms with van der Waals surface area (Å²) in [5.41, 5.74) is 2.22. The number of nitrogens with zero attached hydrogens (tertiary/aromatic N) is 4. The smallest absolute Gasteiger partial charge is 0.231 e. The topological polar surface area (TPSA) is 105 Å². The van der Waals surface area contributed by atoms with E-state index in [-0.39, 0.29) is 23.9 Å². The van der Waals surface area contributed by atoms with E-state index >= 15 is 0 Å². The predicted octanol–water partition coefficient (Wildman–Crippen LogP) is 2.27. The number of nitrogens with one attached hydrogen (secondary N) is 2. The highest BCUT2D eigenvalue weighted by atomic mass is 35.5. The van der Waals surface area contributed by atoms with Gasteiger partial charge < -0.3 is 24.7 Å². The van der Waals surface area contributed by atoms with Crippen molar-refractivity contribution in [3.05, 3.63) is 35.4 Å². The Bertz CT molecular complexity index is 1070. The third-order valence-corrected chi connectivity index (χ3v) is 5.40. The Balaban J connectivity index is 1.26.